The van der Waals surface area contributed by atoms with Crippen molar-refractivity contribution in [1.82, 2.24) is 15.5 Å². The average Bonchev–Trinajstić information content (AvgIpc) is 3.19. The van der Waals surface area contributed by atoms with Gasteiger partial charge < -0.3 is 25.4 Å². The summed E-state index contributed by atoms with van der Waals surface area (Å²) in [6.07, 6.45) is 7.13. The number of nitrogens with one attached hydrogen (secondary N) is 2. The molecule has 0 saturated carbocycles. The van der Waals surface area contributed by atoms with Gasteiger partial charge in [0.25, 0.3) is 0 Å². The number of carboxylic acid groups (broad SMARTS) is 1. The molecule has 0 aromatic rings. The van der Waals surface area contributed by atoms with Crippen molar-refractivity contribution in [1.29, 1.82) is 0 Å². The average molecular weight is 454 g/mol. The molecule has 1 unspecified atom stereocenters. The van der Waals surface area contributed by atoms with Crippen molar-refractivity contribution in [3.63, 3.8) is 0 Å². The van der Waals surface area contributed by atoms with Gasteiger partial charge in [0.05, 0.1) is 6.10 Å². The van der Waals surface area contributed by atoms with E-state index in [0.29, 0.717) is 32.4 Å². The molecule has 0 bridgehead atoms. The molecule has 9 nitrogen and oxygen atoms in total. The van der Waals surface area contributed by atoms with E-state index < -0.39 is 24.1 Å². The van der Waals surface area contributed by atoms with Crippen molar-refractivity contribution in [2.75, 3.05) is 13.1 Å². The van der Waals surface area contributed by atoms with Crippen LogP contribution in [0.5, 0.6) is 0 Å². The highest BCUT2D eigenvalue weighted by molar-refractivity contribution is 5.91. The number of carbonyl (C=O) groups is 4. The van der Waals surface area contributed by atoms with Crippen LogP contribution in [-0.4, -0.2) is 65.2 Å². The standard InChI is InChI=1S/C23H39N3O6/c1-16(2)32-23(31)25-18-10-7-5-3-4-6-9-17(15-20(27)28)12-13-24-21(29)19-11-8-14-26(19)22(18)30/h16-19H,3-15H2,1-2H3,(H,24,29)(H,25,31)(H,27,28)/t17?,18-,19-/m0/s1. The zero-order chi connectivity index (χ0) is 23.5. The van der Waals surface area contributed by atoms with Crippen molar-refractivity contribution < 1.29 is 29.0 Å². The summed E-state index contributed by atoms with van der Waals surface area (Å²) in [6, 6.07) is -1.26. The molecule has 2 heterocycles. The quantitative estimate of drug-likeness (QED) is 0.601. The molecule has 32 heavy (non-hydrogen) atoms. The summed E-state index contributed by atoms with van der Waals surface area (Å²) in [5.74, 6) is -1.21. The molecular formula is C23H39N3O6. The summed E-state index contributed by atoms with van der Waals surface area (Å²) in [5, 5.41) is 14.8. The van der Waals surface area contributed by atoms with Crippen LogP contribution in [0.4, 0.5) is 4.79 Å². The molecule has 3 N–H and O–H groups in total. The Morgan fingerprint density at radius 1 is 1.06 bits per heavy atom. The molecule has 2 aliphatic heterocycles. The van der Waals surface area contributed by atoms with Gasteiger partial charge in [-0.15, -0.1) is 0 Å². The fourth-order valence-electron chi connectivity index (χ4n) is 4.58. The van der Waals surface area contributed by atoms with Gasteiger partial charge in [-0.1, -0.05) is 32.1 Å². The predicted octanol–water partition coefficient (Wildman–Crippen LogP) is 2.82. The first-order valence-electron chi connectivity index (χ1n) is 12.0. The number of hydrogen-bond donors (Lipinski definition) is 3. The van der Waals surface area contributed by atoms with E-state index in [1.807, 2.05) is 0 Å². The van der Waals surface area contributed by atoms with Crippen LogP contribution in [0.25, 0.3) is 0 Å². The van der Waals surface area contributed by atoms with Crippen molar-refractivity contribution in [3.8, 4) is 0 Å². The van der Waals surface area contributed by atoms with Crippen LogP contribution in [-0.2, 0) is 19.1 Å². The first kappa shape index (κ1) is 25.9. The zero-order valence-electron chi connectivity index (χ0n) is 19.4. The molecule has 3 atom stereocenters. The minimum absolute atomic E-state index is 0.0440. The maximum absolute atomic E-state index is 13.3. The van der Waals surface area contributed by atoms with Gasteiger partial charge in [-0.2, -0.15) is 0 Å². The highest BCUT2D eigenvalue weighted by atomic mass is 16.6. The summed E-state index contributed by atoms with van der Waals surface area (Å²) >= 11 is 0. The first-order chi connectivity index (χ1) is 15.3. The lowest BCUT2D eigenvalue weighted by Gasteiger charge is -2.29. The van der Waals surface area contributed by atoms with Crippen molar-refractivity contribution in [2.45, 2.75) is 103 Å². The minimum Gasteiger partial charge on any atom is -0.481 e. The monoisotopic (exact) mass is 453 g/mol. The van der Waals surface area contributed by atoms with Gasteiger partial charge in [0.1, 0.15) is 12.1 Å². The summed E-state index contributed by atoms with van der Waals surface area (Å²) in [6.45, 7) is 4.39. The molecule has 9 heteroatoms. The highest BCUT2D eigenvalue weighted by Crippen LogP contribution is 2.22. The first-order valence-corrected chi connectivity index (χ1v) is 12.0. The number of fused-ring (bicyclic) bond motifs is 1. The van der Waals surface area contributed by atoms with Crippen LogP contribution < -0.4 is 10.6 Å². The largest absolute Gasteiger partial charge is 0.481 e. The minimum atomic E-state index is -0.808. The Balaban J connectivity index is 2.08. The lowest BCUT2D eigenvalue weighted by molar-refractivity contribution is -0.140. The fraction of sp³-hybridized carbons (Fsp3) is 0.826. The summed E-state index contributed by atoms with van der Waals surface area (Å²) in [5.41, 5.74) is 0. The Hall–Kier alpha value is -2.32. The molecule has 182 valence electrons. The van der Waals surface area contributed by atoms with Crippen molar-refractivity contribution in [3.05, 3.63) is 0 Å². The molecule has 3 amide bonds. The molecular weight excluding hydrogens is 414 g/mol. The number of rotatable bonds is 4. The van der Waals surface area contributed by atoms with Crippen LogP contribution >= 0.6 is 0 Å². The molecule has 2 aliphatic rings. The molecule has 2 rings (SSSR count). The summed E-state index contributed by atoms with van der Waals surface area (Å²) in [7, 11) is 0. The Morgan fingerprint density at radius 2 is 1.75 bits per heavy atom. The number of amides is 3. The van der Waals surface area contributed by atoms with Crippen molar-refractivity contribution >= 4 is 23.9 Å². The third-order valence-corrected chi connectivity index (χ3v) is 6.19. The van der Waals surface area contributed by atoms with Gasteiger partial charge in [-0.25, -0.2) is 4.79 Å². The fourth-order valence-corrected chi connectivity index (χ4v) is 4.58. The topological polar surface area (TPSA) is 125 Å². The van der Waals surface area contributed by atoms with Crippen LogP contribution in [0.1, 0.15) is 84.5 Å². The lowest BCUT2D eigenvalue weighted by atomic mass is 9.93. The number of nitrogens with zero attached hydrogens (tertiary/aromatic N) is 1. The van der Waals surface area contributed by atoms with Crippen LogP contribution in [0, 0.1) is 5.92 Å². The van der Waals surface area contributed by atoms with E-state index in [9.17, 15) is 24.3 Å². The molecule has 0 aromatic heterocycles. The number of alkyl carbamates (subject to hydrolysis) is 1. The number of ether oxygens (including phenoxy) is 1. The van der Waals surface area contributed by atoms with E-state index in [-0.39, 0.29) is 30.3 Å². The molecule has 0 aromatic carbocycles. The number of aliphatic carboxylic acids is 1. The smallest absolute Gasteiger partial charge is 0.408 e. The summed E-state index contributed by atoms with van der Waals surface area (Å²) < 4.78 is 5.17. The van der Waals surface area contributed by atoms with Gasteiger partial charge in [-0.3, -0.25) is 14.4 Å². The van der Waals surface area contributed by atoms with E-state index in [1.165, 1.54) is 0 Å². The van der Waals surface area contributed by atoms with Crippen LogP contribution in [0.3, 0.4) is 0 Å². The predicted molar refractivity (Wildman–Crippen MR) is 119 cm³/mol. The number of carbonyl (C=O) groups excluding carboxylic acids is 3. The second kappa shape index (κ2) is 13.3. The highest BCUT2D eigenvalue weighted by Gasteiger charge is 2.37. The normalized spacial score (nSPS) is 26.3. The van der Waals surface area contributed by atoms with E-state index >= 15 is 0 Å². The SMILES string of the molecule is CC(C)OC(=O)N[C@H]1CCCCCCCC(CC(=O)O)CCNC(=O)[C@@H]2CCCN2C1=O. The molecule has 0 spiro atoms. The van der Waals surface area contributed by atoms with E-state index in [1.54, 1.807) is 18.7 Å². The van der Waals surface area contributed by atoms with Crippen LogP contribution in [0.2, 0.25) is 0 Å². The number of hydrogen-bond acceptors (Lipinski definition) is 5. The van der Waals surface area contributed by atoms with E-state index in [2.05, 4.69) is 10.6 Å². The third kappa shape index (κ3) is 8.67. The van der Waals surface area contributed by atoms with Crippen molar-refractivity contribution in [2.24, 2.45) is 5.92 Å². The maximum Gasteiger partial charge on any atom is 0.408 e. The number of carboxylic acids is 1. The van der Waals surface area contributed by atoms with Gasteiger partial charge in [0, 0.05) is 19.5 Å². The lowest BCUT2D eigenvalue weighted by Crippen LogP contribution is -2.53. The Morgan fingerprint density at radius 3 is 2.44 bits per heavy atom. The molecule has 2 fully saturated rings. The van der Waals surface area contributed by atoms with Gasteiger partial charge in [0.15, 0.2) is 0 Å². The second-order valence-electron chi connectivity index (χ2n) is 9.23. The zero-order valence-corrected chi connectivity index (χ0v) is 19.4. The van der Waals surface area contributed by atoms with Gasteiger partial charge in [-0.05, 0) is 51.9 Å². The van der Waals surface area contributed by atoms with Gasteiger partial charge in [0.2, 0.25) is 11.8 Å². The van der Waals surface area contributed by atoms with E-state index in [0.717, 1.165) is 44.9 Å². The van der Waals surface area contributed by atoms with E-state index in [4.69, 9.17) is 4.74 Å². The Labute approximate surface area is 190 Å². The summed E-state index contributed by atoms with van der Waals surface area (Å²) in [4.78, 5) is 51.0. The second-order valence-corrected chi connectivity index (χ2v) is 9.23. The molecule has 0 aliphatic carbocycles. The van der Waals surface area contributed by atoms with Crippen LogP contribution in [0.15, 0.2) is 0 Å². The Kier molecular flexibility index (Phi) is 10.8. The third-order valence-electron chi connectivity index (χ3n) is 6.19. The van der Waals surface area contributed by atoms with Gasteiger partial charge >= 0.3 is 12.1 Å². The molecule has 0 radical (unpaired) electrons. The molecule has 2 saturated heterocycles. The Bertz CT molecular complexity index is 654. The maximum atomic E-state index is 13.3.